The van der Waals surface area contributed by atoms with Crippen LogP contribution in [0.25, 0.3) is 0 Å². The van der Waals surface area contributed by atoms with Crippen LogP contribution in [0.5, 0.6) is 0 Å². The molecule has 1 aromatic heterocycles. The van der Waals surface area contributed by atoms with Crippen LogP contribution in [0.15, 0.2) is 30.5 Å². The van der Waals surface area contributed by atoms with Crippen molar-refractivity contribution in [2.75, 3.05) is 0 Å². The summed E-state index contributed by atoms with van der Waals surface area (Å²) in [6.45, 7) is 6.40. The highest BCUT2D eigenvalue weighted by Crippen LogP contribution is 2.25. The van der Waals surface area contributed by atoms with Crippen LogP contribution in [0.3, 0.4) is 0 Å². The highest BCUT2D eigenvalue weighted by molar-refractivity contribution is 7.11. The van der Waals surface area contributed by atoms with Gasteiger partial charge in [0, 0.05) is 17.1 Å². The van der Waals surface area contributed by atoms with E-state index >= 15 is 0 Å². The highest BCUT2D eigenvalue weighted by Gasteiger charge is 2.16. The maximum absolute atomic E-state index is 13.0. The van der Waals surface area contributed by atoms with Crippen molar-refractivity contribution in [1.29, 1.82) is 0 Å². The lowest BCUT2D eigenvalue weighted by molar-refractivity contribution is 0.454. The second kappa shape index (κ2) is 6.95. The molecule has 1 heterocycles. The molecule has 0 bridgehead atoms. The summed E-state index contributed by atoms with van der Waals surface area (Å²) in [5.41, 5.74) is 1.12. The van der Waals surface area contributed by atoms with Crippen LogP contribution in [0.2, 0.25) is 0 Å². The van der Waals surface area contributed by atoms with E-state index in [0.29, 0.717) is 0 Å². The molecule has 0 amide bonds. The van der Waals surface area contributed by atoms with Crippen LogP contribution in [0.4, 0.5) is 4.39 Å². The standard InChI is InChI=1S/C16H21FN2S/c1-4-14-10-18-16(20-14)11(3)19-15(5-2)12-6-8-13(17)9-7-12/h6-11,15,19H,4-5H2,1-3H3. The lowest BCUT2D eigenvalue weighted by atomic mass is 10.0. The quantitative estimate of drug-likeness (QED) is 0.838. The minimum absolute atomic E-state index is 0.191. The number of nitrogens with one attached hydrogen (secondary N) is 1. The van der Waals surface area contributed by atoms with Gasteiger partial charge in [-0.25, -0.2) is 9.37 Å². The number of aryl methyl sites for hydroxylation is 1. The first-order chi connectivity index (χ1) is 9.63. The third-order valence-corrected chi connectivity index (χ3v) is 4.75. The molecule has 0 saturated heterocycles. The van der Waals surface area contributed by atoms with Gasteiger partial charge in [-0.1, -0.05) is 26.0 Å². The molecular weight excluding hydrogens is 271 g/mol. The lowest BCUT2D eigenvalue weighted by Gasteiger charge is -2.21. The van der Waals surface area contributed by atoms with E-state index < -0.39 is 0 Å². The average Bonchev–Trinajstić information content (AvgIpc) is 2.94. The molecule has 2 aromatic rings. The molecule has 0 fully saturated rings. The molecule has 2 rings (SSSR count). The summed E-state index contributed by atoms with van der Waals surface area (Å²) in [5, 5.41) is 4.69. The summed E-state index contributed by atoms with van der Waals surface area (Å²) in [6, 6.07) is 7.16. The van der Waals surface area contributed by atoms with E-state index in [4.69, 9.17) is 0 Å². The molecule has 1 N–H and O–H groups in total. The van der Waals surface area contributed by atoms with Crippen LogP contribution in [0.1, 0.15) is 54.7 Å². The summed E-state index contributed by atoms with van der Waals surface area (Å²) in [5.74, 6) is -0.191. The Bertz CT molecular complexity index is 536. The van der Waals surface area contributed by atoms with Crippen LogP contribution < -0.4 is 5.32 Å². The predicted octanol–water partition coefficient (Wildman–Crippen LogP) is 4.65. The molecule has 0 spiro atoms. The summed E-state index contributed by atoms with van der Waals surface area (Å²) >= 11 is 1.76. The van der Waals surface area contributed by atoms with Gasteiger partial charge in [0.1, 0.15) is 10.8 Å². The van der Waals surface area contributed by atoms with Gasteiger partial charge in [-0.15, -0.1) is 11.3 Å². The topological polar surface area (TPSA) is 24.9 Å². The van der Waals surface area contributed by atoms with Crippen molar-refractivity contribution >= 4 is 11.3 Å². The second-order valence-electron chi connectivity index (χ2n) is 4.92. The Morgan fingerprint density at radius 1 is 1.25 bits per heavy atom. The van der Waals surface area contributed by atoms with Gasteiger partial charge >= 0.3 is 0 Å². The Hall–Kier alpha value is -1.26. The number of hydrogen-bond donors (Lipinski definition) is 1. The maximum Gasteiger partial charge on any atom is 0.123 e. The van der Waals surface area contributed by atoms with Crippen LogP contribution in [-0.2, 0) is 6.42 Å². The van der Waals surface area contributed by atoms with E-state index in [9.17, 15) is 4.39 Å². The van der Waals surface area contributed by atoms with E-state index in [0.717, 1.165) is 23.4 Å². The molecule has 0 radical (unpaired) electrons. The summed E-state index contributed by atoms with van der Waals surface area (Å²) < 4.78 is 13.0. The molecule has 0 aliphatic heterocycles. The first kappa shape index (κ1) is 15.1. The van der Waals surface area contributed by atoms with Crippen LogP contribution >= 0.6 is 11.3 Å². The summed E-state index contributed by atoms with van der Waals surface area (Å²) in [6.07, 6.45) is 3.94. The Labute approximate surface area is 124 Å². The normalized spacial score (nSPS) is 14.2. The van der Waals surface area contributed by atoms with Crippen molar-refractivity contribution in [3.63, 3.8) is 0 Å². The largest absolute Gasteiger partial charge is 0.301 e. The zero-order valence-corrected chi connectivity index (χ0v) is 13.0. The predicted molar refractivity (Wildman–Crippen MR) is 82.5 cm³/mol. The fourth-order valence-electron chi connectivity index (χ4n) is 2.20. The third-order valence-electron chi connectivity index (χ3n) is 3.42. The third kappa shape index (κ3) is 3.64. The van der Waals surface area contributed by atoms with Gasteiger partial charge in [0.15, 0.2) is 0 Å². The molecule has 4 heteroatoms. The zero-order valence-electron chi connectivity index (χ0n) is 12.2. The number of aromatic nitrogens is 1. The average molecular weight is 292 g/mol. The fourth-order valence-corrected chi connectivity index (χ4v) is 3.07. The monoisotopic (exact) mass is 292 g/mol. The summed E-state index contributed by atoms with van der Waals surface area (Å²) in [4.78, 5) is 5.79. The Morgan fingerprint density at radius 3 is 2.50 bits per heavy atom. The number of halogens is 1. The van der Waals surface area contributed by atoms with Gasteiger partial charge in [-0.05, 0) is 37.5 Å². The van der Waals surface area contributed by atoms with E-state index in [-0.39, 0.29) is 17.9 Å². The molecular formula is C16H21FN2S. The van der Waals surface area contributed by atoms with Gasteiger partial charge in [0.2, 0.25) is 0 Å². The van der Waals surface area contributed by atoms with Gasteiger partial charge in [0.05, 0.1) is 6.04 Å². The van der Waals surface area contributed by atoms with Crippen molar-refractivity contribution in [2.45, 2.75) is 45.7 Å². The second-order valence-corrected chi connectivity index (χ2v) is 6.07. The number of thiazole rings is 1. The van der Waals surface area contributed by atoms with E-state index in [1.807, 2.05) is 18.3 Å². The van der Waals surface area contributed by atoms with Crippen molar-refractivity contribution in [3.8, 4) is 0 Å². The molecule has 108 valence electrons. The molecule has 1 aromatic carbocycles. The van der Waals surface area contributed by atoms with Gasteiger partial charge in [-0.2, -0.15) is 0 Å². The zero-order chi connectivity index (χ0) is 14.5. The lowest BCUT2D eigenvalue weighted by Crippen LogP contribution is -2.24. The highest BCUT2D eigenvalue weighted by atomic mass is 32.1. The molecule has 20 heavy (non-hydrogen) atoms. The first-order valence-corrected chi connectivity index (χ1v) is 7.91. The minimum atomic E-state index is -0.191. The smallest absolute Gasteiger partial charge is 0.123 e. The fraction of sp³-hybridized carbons (Fsp3) is 0.438. The number of hydrogen-bond acceptors (Lipinski definition) is 3. The molecule has 0 aliphatic carbocycles. The first-order valence-electron chi connectivity index (χ1n) is 7.10. The van der Waals surface area contributed by atoms with Gasteiger partial charge < -0.3 is 5.32 Å². The van der Waals surface area contributed by atoms with Crippen molar-refractivity contribution < 1.29 is 4.39 Å². The Kier molecular flexibility index (Phi) is 5.26. The Morgan fingerprint density at radius 2 is 1.95 bits per heavy atom. The van der Waals surface area contributed by atoms with Crippen molar-refractivity contribution in [2.24, 2.45) is 0 Å². The summed E-state index contributed by atoms with van der Waals surface area (Å²) in [7, 11) is 0. The molecule has 2 nitrogen and oxygen atoms in total. The van der Waals surface area contributed by atoms with E-state index in [1.165, 1.54) is 17.0 Å². The number of nitrogens with zero attached hydrogens (tertiary/aromatic N) is 1. The van der Waals surface area contributed by atoms with Crippen LogP contribution in [-0.4, -0.2) is 4.98 Å². The van der Waals surface area contributed by atoms with Crippen LogP contribution in [0, 0.1) is 5.82 Å². The van der Waals surface area contributed by atoms with E-state index in [1.54, 1.807) is 11.3 Å². The Balaban J connectivity index is 2.07. The molecule has 0 saturated carbocycles. The molecule has 0 aliphatic rings. The van der Waals surface area contributed by atoms with Crippen molar-refractivity contribution in [3.05, 3.63) is 51.7 Å². The molecule has 2 atom stereocenters. The van der Waals surface area contributed by atoms with Gasteiger partial charge in [-0.3, -0.25) is 0 Å². The van der Waals surface area contributed by atoms with Gasteiger partial charge in [0.25, 0.3) is 0 Å². The number of rotatable bonds is 6. The maximum atomic E-state index is 13.0. The van der Waals surface area contributed by atoms with Crippen molar-refractivity contribution in [1.82, 2.24) is 10.3 Å². The minimum Gasteiger partial charge on any atom is -0.301 e. The van der Waals surface area contributed by atoms with E-state index in [2.05, 4.69) is 31.1 Å². The SMILES string of the molecule is CCc1cnc(C(C)NC(CC)c2ccc(F)cc2)s1. The number of benzene rings is 1. The molecule has 2 unspecified atom stereocenters.